The molecule has 0 spiro atoms. The lowest BCUT2D eigenvalue weighted by Crippen LogP contribution is -1.98. The van der Waals surface area contributed by atoms with E-state index in [1.807, 2.05) is 34.3 Å². The summed E-state index contributed by atoms with van der Waals surface area (Å²) in [4.78, 5) is 16.2. The Hall–Kier alpha value is -2.93. The van der Waals surface area contributed by atoms with Gasteiger partial charge in [-0.2, -0.15) is 0 Å². The van der Waals surface area contributed by atoms with Crippen molar-refractivity contribution >= 4 is 27.9 Å². The highest BCUT2D eigenvalue weighted by Gasteiger charge is 2.15. The van der Waals surface area contributed by atoms with Crippen LogP contribution in [0, 0.1) is 10.1 Å². The molecule has 114 valence electrons. The largest absolute Gasteiger partial charge is 0.443 e. The number of hydrogen-bond donors (Lipinski definition) is 0. The molecule has 0 aliphatic carbocycles. The number of hydrogen-bond acceptors (Lipinski definition) is 5. The summed E-state index contributed by atoms with van der Waals surface area (Å²) >= 11 is 1.57. The second-order valence-corrected chi connectivity index (χ2v) is 5.98. The standard InChI is InChI=1S/C16H11N3O3S/c20-19(21)14-4-1-3-13-12(14)6-7-18(13)9-11-10-22-16(17-11)15-5-2-8-23-15/h1-8,10H,9H2. The molecule has 3 heterocycles. The van der Waals surface area contributed by atoms with Gasteiger partial charge in [0, 0.05) is 12.3 Å². The van der Waals surface area contributed by atoms with Crippen molar-refractivity contribution in [2.45, 2.75) is 6.54 Å². The van der Waals surface area contributed by atoms with E-state index in [0.29, 0.717) is 17.8 Å². The van der Waals surface area contributed by atoms with E-state index < -0.39 is 0 Å². The highest BCUT2D eigenvalue weighted by Crippen LogP contribution is 2.28. The first-order valence-corrected chi connectivity index (χ1v) is 7.81. The molecule has 0 aliphatic rings. The average molecular weight is 325 g/mol. The van der Waals surface area contributed by atoms with Crippen molar-refractivity contribution < 1.29 is 9.34 Å². The molecule has 4 rings (SSSR count). The Balaban J connectivity index is 1.68. The van der Waals surface area contributed by atoms with Gasteiger partial charge < -0.3 is 8.98 Å². The van der Waals surface area contributed by atoms with Crippen LogP contribution in [0.4, 0.5) is 5.69 Å². The van der Waals surface area contributed by atoms with Gasteiger partial charge >= 0.3 is 0 Å². The molecule has 0 fully saturated rings. The van der Waals surface area contributed by atoms with Gasteiger partial charge in [-0.1, -0.05) is 12.1 Å². The van der Waals surface area contributed by atoms with Gasteiger partial charge in [0.1, 0.15) is 6.26 Å². The zero-order chi connectivity index (χ0) is 15.8. The lowest BCUT2D eigenvalue weighted by Gasteiger charge is -2.02. The Kier molecular flexibility index (Phi) is 3.20. The monoisotopic (exact) mass is 325 g/mol. The number of thiophene rings is 1. The molecular formula is C16H11N3O3S. The third-order valence-corrected chi connectivity index (χ3v) is 4.46. The molecule has 6 nitrogen and oxygen atoms in total. The van der Waals surface area contributed by atoms with E-state index in [9.17, 15) is 10.1 Å². The van der Waals surface area contributed by atoms with Crippen LogP contribution in [0.3, 0.4) is 0 Å². The Morgan fingerprint density at radius 3 is 2.96 bits per heavy atom. The molecule has 23 heavy (non-hydrogen) atoms. The van der Waals surface area contributed by atoms with Crippen molar-refractivity contribution in [2.24, 2.45) is 0 Å². The maximum absolute atomic E-state index is 11.1. The SMILES string of the molecule is O=[N+]([O-])c1cccc2c1ccn2Cc1coc(-c2cccs2)n1. The second-order valence-electron chi connectivity index (χ2n) is 5.03. The Labute approximate surface area is 134 Å². The first-order valence-electron chi connectivity index (χ1n) is 6.93. The molecule has 0 unspecified atom stereocenters. The third kappa shape index (κ3) is 2.40. The first kappa shape index (κ1) is 13.7. The lowest BCUT2D eigenvalue weighted by molar-refractivity contribution is -0.383. The van der Waals surface area contributed by atoms with Crippen LogP contribution in [-0.2, 0) is 6.54 Å². The number of benzene rings is 1. The maximum atomic E-state index is 11.1. The molecular weight excluding hydrogens is 314 g/mol. The third-order valence-electron chi connectivity index (χ3n) is 3.60. The van der Waals surface area contributed by atoms with E-state index in [0.717, 1.165) is 16.1 Å². The van der Waals surface area contributed by atoms with Crippen molar-refractivity contribution in [3.8, 4) is 10.8 Å². The average Bonchev–Trinajstić information content (AvgIpc) is 3.27. The first-order chi connectivity index (χ1) is 11.2. The van der Waals surface area contributed by atoms with Crippen LogP contribution in [0.25, 0.3) is 21.7 Å². The molecule has 0 amide bonds. The zero-order valence-corrected chi connectivity index (χ0v) is 12.7. The van der Waals surface area contributed by atoms with E-state index in [4.69, 9.17) is 4.42 Å². The number of non-ortho nitro benzene ring substituents is 1. The molecule has 3 aromatic heterocycles. The number of fused-ring (bicyclic) bond motifs is 1. The molecule has 0 saturated carbocycles. The Bertz CT molecular complexity index is 985. The van der Waals surface area contributed by atoms with Gasteiger partial charge in [0.25, 0.3) is 5.69 Å². The lowest BCUT2D eigenvalue weighted by atomic mass is 10.2. The predicted molar refractivity (Wildman–Crippen MR) is 87.5 cm³/mol. The minimum atomic E-state index is -0.363. The van der Waals surface area contributed by atoms with Crippen LogP contribution in [-0.4, -0.2) is 14.5 Å². The van der Waals surface area contributed by atoms with Crippen LogP contribution in [0.15, 0.2) is 58.7 Å². The number of nitro groups is 1. The summed E-state index contributed by atoms with van der Waals surface area (Å²) in [6.45, 7) is 0.500. The molecule has 0 atom stereocenters. The maximum Gasteiger partial charge on any atom is 0.278 e. The van der Waals surface area contributed by atoms with Crippen molar-refractivity contribution in [3.05, 3.63) is 70.0 Å². The van der Waals surface area contributed by atoms with Gasteiger partial charge in [0.2, 0.25) is 5.89 Å². The summed E-state index contributed by atoms with van der Waals surface area (Å²) in [7, 11) is 0. The van der Waals surface area contributed by atoms with Crippen LogP contribution < -0.4 is 0 Å². The van der Waals surface area contributed by atoms with Gasteiger partial charge in [0.05, 0.1) is 32.9 Å². The van der Waals surface area contributed by atoms with E-state index >= 15 is 0 Å². The quantitative estimate of drug-likeness (QED) is 0.414. The van der Waals surface area contributed by atoms with Gasteiger partial charge in [0.15, 0.2) is 0 Å². The van der Waals surface area contributed by atoms with Crippen molar-refractivity contribution in [2.75, 3.05) is 0 Å². The summed E-state index contributed by atoms with van der Waals surface area (Å²) in [6.07, 6.45) is 3.45. The zero-order valence-electron chi connectivity index (χ0n) is 11.9. The fourth-order valence-corrected chi connectivity index (χ4v) is 3.23. The van der Waals surface area contributed by atoms with Crippen LogP contribution in [0.5, 0.6) is 0 Å². The van der Waals surface area contributed by atoms with Gasteiger partial charge in [-0.05, 0) is 23.6 Å². The summed E-state index contributed by atoms with van der Waals surface area (Å²) < 4.78 is 7.44. The van der Waals surface area contributed by atoms with Crippen molar-refractivity contribution in [1.29, 1.82) is 0 Å². The summed E-state index contributed by atoms with van der Waals surface area (Å²) in [5, 5.41) is 13.7. The molecule has 0 saturated heterocycles. The number of aromatic nitrogens is 2. The molecule has 7 heteroatoms. The summed E-state index contributed by atoms with van der Waals surface area (Å²) in [5.74, 6) is 0.595. The smallest absolute Gasteiger partial charge is 0.278 e. The van der Waals surface area contributed by atoms with E-state index in [1.54, 1.807) is 29.7 Å². The normalized spacial score (nSPS) is 11.1. The fourth-order valence-electron chi connectivity index (χ4n) is 2.57. The topological polar surface area (TPSA) is 74.1 Å². The number of nitrogens with zero attached hydrogens (tertiary/aromatic N) is 3. The van der Waals surface area contributed by atoms with Gasteiger partial charge in [-0.3, -0.25) is 10.1 Å². The van der Waals surface area contributed by atoms with Crippen molar-refractivity contribution in [3.63, 3.8) is 0 Å². The molecule has 0 N–H and O–H groups in total. The minimum Gasteiger partial charge on any atom is -0.443 e. The highest BCUT2D eigenvalue weighted by molar-refractivity contribution is 7.13. The van der Waals surface area contributed by atoms with Crippen LogP contribution >= 0.6 is 11.3 Å². The van der Waals surface area contributed by atoms with E-state index in [-0.39, 0.29) is 10.6 Å². The molecule has 0 radical (unpaired) electrons. The van der Waals surface area contributed by atoms with E-state index in [1.165, 1.54) is 6.07 Å². The fraction of sp³-hybridized carbons (Fsp3) is 0.0625. The predicted octanol–water partition coefficient (Wildman–Crippen LogP) is 4.31. The second kappa shape index (κ2) is 5.36. The molecule has 0 bridgehead atoms. The Morgan fingerprint density at radius 1 is 1.26 bits per heavy atom. The highest BCUT2D eigenvalue weighted by atomic mass is 32.1. The van der Waals surface area contributed by atoms with Crippen LogP contribution in [0.2, 0.25) is 0 Å². The van der Waals surface area contributed by atoms with Gasteiger partial charge in [-0.15, -0.1) is 11.3 Å². The minimum absolute atomic E-state index is 0.112. The Morgan fingerprint density at radius 2 is 2.17 bits per heavy atom. The van der Waals surface area contributed by atoms with Crippen LogP contribution in [0.1, 0.15) is 5.69 Å². The molecule has 0 aliphatic heterocycles. The summed E-state index contributed by atoms with van der Waals surface area (Å²) in [6, 6.07) is 10.7. The summed E-state index contributed by atoms with van der Waals surface area (Å²) in [5.41, 5.74) is 1.69. The number of oxazole rings is 1. The van der Waals surface area contributed by atoms with Crippen molar-refractivity contribution in [1.82, 2.24) is 9.55 Å². The number of rotatable bonds is 4. The molecule has 4 aromatic rings. The molecule has 1 aromatic carbocycles. The van der Waals surface area contributed by atoms with Gasteiger partial charge in [-0.25, -0.2) is 4.98 Å². The van der Waals surface area contributed by atoms with E-state index in [2.05, 4.69) is 4.98 Å². The number of nitro benzene ring substituents is 1.